The van der Waals surface area contributed by atoms with Crippen molar-refractivity contribution < 1.29 is 18.0 Å². The summed E-state index contributed by atoms with van der Waals surface area (Å²) >= 11 is 0. The minimum absolute atomic E-state index is 0.233. The zero-order valence-electron chi connectivity index (χ0n) is 14.8. The van der Waals surface area contributed by atoms with Gasteiger partial charge in [-0.25, -0.2) is 4.68 Å². The van der Waals surface area contributed by atoms with Crippen LogP contribution in [0.2, 0.25) is 0 Å². The standard InChI is InChI=1S/C18H18F3N5O/c1-12-15(13(2)26(23-12)14-6-4-3-5-7-14)10-22-17(27)11-25-9-8-16(24-25)18(19,20)21/h3-9H,10-11H2,1-2H3,(H,22,27). The van der Waals surface area contributed by atoms with Gasteiger partial charge in [0.05, 0.1) is 11.4 Å². The fraction of sp³-hybridized carbons (Fsp3) is 0.278. The van der Waals surface area contributed by atoms with E-state index in [2.05, 4.69) is 15.5 Å². The van der Waals surface area contributed by atoms with Crippen molar-refractivity contribution in [2.45, 2.75) is 33.1 Å². The van der Waals surface area contributed by atoms with Crippen LogP contribution in [0.15, 0.2) is 42.6 Å². The van der Waals surface area contributed by atoms with Crippen LogP contribution in [0, 0.1) is 13.8 Å². The van der Waals surface area contributed by atoms with Crippen molar-refractivity contribution in [2.24, 2.45) is 0 Å². The van der Waals surface area contributed by atoms with Crippen LogP contribution in [-0.4, -0.2) is 25.5 Å². The summed E-state index contributed by atoms with van der Waals surface area (Å²) in [7, 11) is 0. The minimum atomic E-state index is -4.53. The molecule has 1 N–H and O–H groups in total. The Labute approximate surface area is 153 Å². The number of para-hydroxylation sites is 1. The molecule has 0 spiro atoms. The van der Waals surface area contributed by atoms with Crippen LogP contribution in [0.3, 0.4) is 0 Å². The minimum Gasteiger partial charge on any atom is -0.350 e. The van der Waals surface area contributed by atoms with E-state index in [0.717, 1.165) is 39.6 Å². The molecule has 1 aromatic carbocycles. The van der Waals surface area contributed by atoms with Gasteiger partial charge in [-0.1, -0.05) is 18.2 Å². The quantitative estimate of drug-likeness (QED) is 0.743. The number of alkyl halides is 3. The molecule has 0 aliphatic carbocycles. The molecule has 3 aromatic rings. The van der Waals surface area contributed by atoms with Crippen molar-refractivity contribution >= 4 is 5.91 Å². The summed E-state index contributed by atoms with van der Waals surface area (Å²) in [6.45, 7) is 3.69. The first-order valence-corrected chi connectivity index (χ1v) is 8.23. The lowest BCUT2D eigenvalue weighted by atomic mass is 10.2. The number of benzene rings is 1. The number of aryl methyl sites for hydroxylation is 1. The summed E-state index contributed by atoms with van der Waals surface area (Å²) < 4.78 is 40.4. The lowest BCUT2D eigenvalue weighted by Gasteiger charge is -2.07. The van der Waals surface area contributed by atoms with Gasteiger partial charge in [-0.2, -0.15) is 23.4 Å². The summed E-state index contributed by atoms with van der Waals surface area (Å²) in [6, 6.07) is 10.4. The zero-order valence-corrected chi connectivity index (χ0v) is 14.8. The van der Waals surface area contributed by atoms with Crippen molar-refractivity contribution in [2.75, 3.05) is 0 Å². The normalized spacial score (nSPS) is 11.6. The van der Waals surface area contributed by atoms with Gasteiger partial charge in [0.15, 0.2) is 5.69 Å². The SMILES string of the molecule is Cc1nn(-c2ccccc2)c(C)c1CNC(=O)Cn1ccc(C(F)(F)F)n1. The molecule has 0 radical (unpaired) electrons. The van der Waals surface area contributed by atoms with E-state index in [1.807, 2.05) is 44.2 Å². The van der Waals surface area contributed by atoms with Crippen LogP contribution in [0.1, 0.15) is 22.6 Å². The van der Waals surface area contributed by atoms with E-state index < -0.39 is 17.8 Å². The molecule has 0 saturated carbocycles. The maximum Gasteiger partial charge on any atom is 0.435 e. The van der Waals surface area contributed by atoms with Crippen LogP contribution in [-0.2, 0) is 24.1 Å². The largest absolute Gasteiger partial charge is 0.435 e. The van der Waals surface area contributed by atoms with Gasteiger partial charge in [-0.05, 0) is 32.0 Å². The smallest absolute Gasteiger partial charge is 0.350 e. The second-order valence-electron chi connectivity index (χ2n) is 6.07. The number of halogens is 3. The van der Waals surface area contributed by atoms with Gasteiger partial charge in [0, 0.05) is 24.0 Å². The second kappa shape index (κ2) is 7.26. The number of aromatic nitrogens is 4. The van der Waals surface area contributed by atoms with Gasteiger partial charge < -0.3 is 5.32 Å². The summed E-state index contributed by atoms with van der Waals surface area (Å²) in [5.74, 6) is -0.432. The molecule has 2 heterocycles. The highest BCUT2D eigenvalue weighted by Crippen LogP contribution is 2.27. The van der Waals surface area contributed by atoms with E-state index in [0.29, 0.717) is 0 Å². The lowest BCUT2D eigenvalue weighted by molar-refractivity contribution is -0.141. The summed E-state index contributed by atoms with van der Waals surface area (Å²) in [4.78, 5) is 12.1. The predicted octanol–water partition coefficient (Wildman–Crippen LogP) is 3.02. The van der Waals surface area contributed by atoms with Crippen molar-refractivity contribution in [3.63, 3.8) is 0 Å². The Kier molecular flexibility index (Phi) is 5.02. The average molecular weight is 377 g/mol. The Morgan fingerprint density at radius 1 is 1.11 bits per heavy atom. The summed E-state index contributed by atoms with van der Waals surface area (Å²) in [6.07, 6.45) is -3.39. The maximum absolute atomic E-state index is 12.6. The van der Waals surface area contributed by atoms with Crippen molar-refractivity contribution in [1.29, 1.82) is 0 Å². The first-order chi connectivity index (χ1) is 12.8. The average Bonchev–Trinajstić information content (AvgIpc) is 3.19. The van der Waals surface area contributed by atoms with Gasteiger partial charge in [0.2, 0.25) is 5.91 Å². The summed E-state index contributed by atoms with van der Waals surface area (Å²) in [5, 5.41) is 10.6. The summed E-state index contributed by atoms with van der Waals surface area (Å²) in [5.41, 5.74) is 2.41. The number of hydrogen-bond acceptors (Lipinski definition) is 3. The molecule has 27 heavy (non-hydrogen) atoms. The Balaban J connectivity index is 1.66. The van der Waals surface area contributed by atoms with Crippen LogP contribution in [0.5, 0.6) is 0 Å². The number of rotatable bonds is 5. The molecule has 1 amide bonds. The predicted molar refractivity (Wildman–Crippen MR) is 92.1 cm³/mol. The number of carbonyl (C=O) groups excluding carboxylic acids is 1. The molecule has 0 saturated heterocycles. The Morgan fingerprint density at radius 3 is 2.44 bits per heavy atom. The molecule has 6 nitrogen and oxygen atoms in total. The fourth-order valence-corrected chi connectivity index (χ4v) is 2.74. The van der Waals surface area contributed by atoms with E-state index in [4.69, 9.17) is 0 Å². The molecular formula is C18H18F3N5O. The zero-order chi connectivity index (χ0) is 19.6. The highest BCUT2D eigenvalue weighted by atomic mass is 19.4. The molecule has 0 atom stereocenters. The maximum atomic E-state index is 12.6. The number of nitrogens with one attached hydrogen (secondary N) is 1. The van der Waals surface area contributed by atoms with Crippen molar-refractivity contribution in [3.8, 4) is 5.69 Å². The molecule has 0 fully saturated rings. The molecular weight excluding hydrogens is 359 g/mol. The number of carbonyl (C=O) groups is 1. The van der Waals surface area contributed by atoms with E-state index in [1.165, 1.54) is 0 Å². The van der Waals surface area contributed by atoms with E-state index in [-0.39, 0.29) is 13.1 Å². The third-order valence-electron chi connectivity index (χ3n) is 4.14. The van der Waals surface area contributed by atoms with Crippen molar-refractivity contribution in [1.82, 2.24) is 24.9 Å². The third kappa shape index (κ3) is 4.18. The van der Waals surface area contributed by atoms with Crippen LogP contribution >= 0.6 is 0 Å². The van der Waals surface area contributed by atoms with Crippen molar-refractivity contribution in [3.05, 3.63) is 65.2 Å². The lowest BCUT2D eigenvalue weighted by Crippen LogP contribution is -2.28. The molecule has 0 aliphatic heterocycles. The topological polar surface area (TPSA) is 64.7 Å². The van der Waals surface area contributed by atoms with E-state index in [1.54, 1.807) is 4.68 Å². The van der Waals surface area contributed by atoms with Gasteiger partial charge >= 0.3 is 6.18 Å². The Morgan fingerprint density at radius 2 is 1.81 bits per heavy atom. The number of hydrogen-bond donors (Lipinski definition) is 1. The second-order valence-corrected chi connectivity index (χ2v) is 6.07. The molecule has 0 unspecified atom stereocenters. The Bertz CT molecular complexity index is 944. The fourth-order valence-electron chi connectivity index (χ4n) is 2.74. The van der Waals surface area contributed by atoms with Gasteiger partial charge in [-0.15, -0.1) is 0 Å². The highest BCUT2D eigenvalue weighted by Gasteiger charge is 2.33. The van der Waals surface area contributed by atoms with E-state index >= 15 is 0 Å². The first kappa shape index (κ1) is 18.7. The van der Waals surface area contributed by atoms with Crippen LogP contribution in [0.4, 0.5) is 13.2 Å². The van der Waals surface area contributed by atoms with Gasteiger partial charge in [0.1, 0.15) is 6.54 Å². The molecule has 9 heteroatoms. The molecule has 0 aliphatic rings. The van der Waals surface area contributed by atoms with Crippen LogP contribution < -0.4 is 5.32 Å². The van der Waals surface area contributed by atoms with Gasteiger partial charge in [0.25, 0.3) is 0 Å². The molecule has 142 valence electrons. The van der Waals surface area contributed by atoms with E-state index in [9.17, 15) is 18.0 Å². The third-order valence-corrected chi connectivity index (χ3v) is 4.14. The number of amides is 1. The van der Waals surface area contributed by atoms with Gasteiger partial charge in [-0.3, -0.25) is 9.48 Å². The highest BCUT2D eigenvalue weighted by molar-refractivity contribution is 5.75. The molecule has 0 bridgehead atoms. The molecule has 2 aromatic heterocycles. The number of nitrogens with zero attached hydrogens (tertiary/aromatic N) is 4. The molecule has 3 rings (SSSR count). The van der Waals surface area contributed by atoms with Crippen LogP contribution in [0.25, 0.3) is 5.69 Å². The Hall–Kier alpha value is -3.10. The first-order valence-electron chi connectivity index (χ1n) is 8.23. The monoisotopic (exact) mass is 377 g/mol.